The Kier molecular flexibility index (Phi) is 4.73. The average Bonchev–Trinajstić information content (AvgIpc) is 2.32. The molecule has 4 N–H and O–H groups in total. The number of alkyl halides is 3. The summed E-state index contributed by atoms with van der Waals surface area (Å²) in [5, 5.41) is 4.02. The van der Waals surface area contributed by atoms with Crippen molar-refractivity contribution in [3.63, 3.8) is 0 Å². The molecule has 0 spiro atoms. The lowest BCUT2D eigenvalue weighted by atomic mass is 10.2. The first-order chi connectivity index (χ1) is 8.74. The van der Waals surface area contributed by atoms with Crippen LogP contribution in [-0.2, 0) is 9.59 Å². The highest BCUT2D eigenvalue weighted by atomic mass is 35.5. The van der Waals surface area contributed by atoms with E-state index in [-0.39, 0.29) is 22.9 Å². The highest BCUT2D eigenvalue weighted by Crippen LogP contribution is 2.26. The molecule has 0 aliphatic carbocycles. The summed E-state index contributed by atoms with van der Waals surface area (Å²) in [6, 6.07) is 3.50. The Morgan fingerprint density at radius 2 is 1.89 bits per heavy atom. The van der Waals surface area contributed by atoms with Gasteiger partial charge in [0.05, 0.1) is 17.3 Å². The minimum Gasteiger partial charge on any atom is -0.324 e. The van der Waals surface area contributed by atoms with Crippen molar-refractivity contribution in [2.24, 2.45) is 5.73 Å². The van der Waals surface area contributed by atoms with E-state index in [2.05, 4.69) is 5.32 Å². The van der Waals surface area contributed by atoms with E-state index in [1.54, 1.807) is 5.32 Å². The number of halogens is 4. The van der Waals surface area contributed by atoms with E-state index in [9.17, 15) is 22.8 Å². The predicted octanol–water partition coefficient (Wildman–Crippen LogP) is 1.74. The lowest BCUT2D eigenvalue weighted by molar-refractivity contribution is -0.167. The summed E-state index contributed by atoms with van der Waals surface area (Å²) in [5.41, 5.74) is 4.97. The Morgan fingerprint density at radius 3 is 2.42 bits per heavy atom. The summed E-state index contributed by atoms with van der Waals surface area (Å²) in [7, 11) is 0. The Balaban J connectivity index is 2.90. The molecule has 1 aromatic carbocycles. The van der Waals surface area contributed by atoms with Crippen LogP contribution < -0.4 is 16.4 Å². The van der Waals surface area contributed by atoms with Crippen molar-refractivity contribution < 1.29 is 22.8 Å². The monoisotopic (exact) mass is 295 g/mol. The van der Waals surface area contributed by atoms with Crippen molar-refractivity contribution >= 4 is 34.8 Å². The molecule has 0 bridgehead atoms. The summed E-state index contributed by atoms with van der Waals surface area (Å²) in [5.74, 6) is -2.69. The zero-order chi connectivity index (χ0) is 14.6. The maximum atomic E-state index is 12.1. The molecule has 0 heterocycles. The normalized spacial score (nSPS) is 11.0. The molecule has 0 unspecified atom stereocenters. The van der Waals surface area contributed by atoms with Crippen LogP contribution >= 0.6 is 11.6 Å². The summed E-state index contributed by atoms with van der Waals surface area (Å²) in [6.07, 6.45) is -5.00. The number of anilines is 2. The van der Waals surface area contributed by atoms with Crippen molar-refractivity contribution in [3.8, 4) is 0 Å². The molecule has 0 aliphatic heterocycles. The first kappa shape index (κ1) is 15.3. The molecule has 0 aromatic heterocycles. The van der Waals surface area contributed by atoms with Gasteiger partial charge in [-0.3, -0.25) is 9.59 Å². The number of carbonyl (C=O) groups is 2. The van der Waals surface area contributed by atoms with Crippen LogP contribution in [0, 0.1) is 0 Å². The van der Waals surface area contributed by atoms with Crippen LogP contribution in [0.25, 0.3) is 0 Å². The molecule has 5 nitrogen and oxygen atoms in total. The fraction of sp³-hybridized carbons (Fsp3) is 0.200. The lowest BCUT2D eigenvalue weighted by Crippen LogP contribution is -2.30. The second-order valence-electron chi connectivity index (χ2n) is 3.40. The van der Waals surface area contributed by atoms with Gasteiger partial charge < -0.3 is 16.4 Å². The zero-order valence-electron chi connectivity index (χ0n) is 9.34. The van der Waals surface area contributed by atoms with Crippen LogP contribution in [0.15, 0.2) is 18.2 Å². The van der Waals surface area contributed by atoms with E-state index in [4.69, 9.17) is 17.3 Å². The number of rotatable bonds is 3. The highest BCUT2D eigenvalue weighted by Gasteiger charge is 2.38. The van der Waals surface area contributed by atoms with Gasteiger partial charge in [-0.1, -0.05) is 11.6 Å². The van der Waals surface area contributed by atoms with Crippen LogP contribution in [0.4, 0.5) is 24.5 Å². The Labute approximate surface area is 110 Å². The van der Waals surface area contributed by atoms with Gasteiger partial charge in [0.25, 0.3) is 0 Å². The molecule has 2 amide bonds. The van der Waals surface area contributed by atoms with Gasteiger partial charge in [0, 0.05) is 5.69 Å². The number of nitrogens with two attached hydrogens (primary N) is 1. The topological polar surface area (TPSA) is 84.2 Å². The number of hydrogen-bond donors (Lipinski definition) is 3. The number of hydrogen-bond acceptors (Lipinski definition) is 3. The number of amides is 2. The molecule has 0 aliphatic rings. The molecular weight excluding hydrogens is 287 g/mol. The maximum Gasteiger partial charge on any atom is 0.471 e. The minimum atomic E-state index is -5.00. The Hall–Kier alpha value is -1.80. The van der Waals surface area contributed by atoms with Gasteiger partial charge in [0.1, 0.15) is 0 Å². The molecule has 0 fully saturated rings. The number of carbonyl (C=O) groups excluding carboxylic acids is 2. The largest absolute Gasteiger partial charge is 0.471 e. The number of nitrogens with one attached hydrogen (secondary N) is 2. The van der Waals surface area contributed by atoms with Gasteiger partial charge in [-0.2, -0.15) is 13.2 Å². The SMILES string of the molecule is NCC(=O)Nc1cc(NC(=O)C(F)(F)F)ccc1Cl. The number of benzene rings is 1. The molecule has 0 atom stereocenters. The average molecular weight is 296 g/mol. The van der Waals surface area contributed by atoms with E-state index < -0.39 is 18.0 Å². The van der Waals surface area contributed by atoms with Crippen LogP contribution in [0.5, 0.6) is 0 Å². The molecule has 19 heavy (non-hydrogen) atoms. The standard InChI is InChI=1S/C10H9ClF3N3O2/c11-6-2-1-5(16-9(19)10(12,13)14)3-7(6)17-8(18)4-15/h1-3H,4,15H2,(H,16,19)(H,17,18). The first-order valence-electron chi connectivity index (χ1n) is 4.91. The molecule has 104 valence electrons. The Morgan fingerprint density at radius 1 is 1.26 bits per heavy atom. The van der Waals surface area contributed by atoms with Crippen LogP contribution in [0.2, 0.25) is 5.02 Å². The first-order valence-corrected chi connectivity index (χ1v) is 5.29. The minimum absolute atomic E-state index is 0.0529. The van der Waals surface area contributed by atoms with Gasteiger partial charge >= 0.3 is 12.1 Å². The summed E-state index contributed by atoms with van der Waals surface area (Å²) >= 11 is 5.73. The third-order valence-electron chi connectivity index (χ3n) is 1.94. The molecule has 0 saturated heterocycles. The smallest absolute Gasteiger partial charge is 0.324 e. The molecule has 0 saturated carbocycles. The molecule has 9 heteroatoms. The molecular formula is C10H9ClF3N3O2. The second-order valence-corrected chi connectivity index (χ2v) is 3.81. The third kappa shape index (κ3) is 4.42. The van der Waals surface area contributed by atoms with Crippen LogP contribution in [0.1, 0.15) is 0 Å². The summed E-state index contributed by atoms with van der Waals surface area (Å²) in [4.78, 5) is 21.8. The van der Waals surface area contributed by atoms with Crippen molar-refractivity contribution in [2.75, 3.05) is 17.2 Å². The van der Waals surface area contributed by atoms with E-state index in [1.165, 1.54) is 12.1 Å². The van der Waals surface area contributed by atoms with Crippen molar-refractivity contribution in [2.45, 2.75) is 6.18 Å². The zero-order valence-corrected chi connectivity index (χ0v) is 10.1. The van der Waals surface area contributed by atoms with E-state index >= 15 is 0 Å². The summed E-state index contributed by atoms with van der Waals surface area (Å²) in [6.45, 7) is -0.310. The van der Waals surface area contributed by atoms with Crippen molar-refractivity contribution in [1.82, 2.24) is 0 Å². The van der Waals surface area contributed by atoms with Crippen molar-refractivity contribution in [3.05, 3.63) is 23.2 Å². The van der Waals surface area contributed by atoms with Gasteiger partial charge in [-0.05, 0) is 18.2 Å². The highest BCUT2D eigenvalue weighted by molar-refractivity contribution is 6.33. The molecule has 1 rings (SSSR count). The molecule has 1 aromatic rings. The van der Waals surface area contributed by atoms with E-state index in [1.807, 2.05) is 0 Å². The fourth-order valence-corrected chi connectivity index (χ4v) is 1.27. The van der Waals surface area contributed by atoms with Crippen LogP contribution in [-0.4, -0.2) is 24.5 Å². The van der Waals surface area contributed by atoms with Gasteiger partial charge in [0.15, 0.2) is 0 Å². The fourth-order valence-electron chi connectivity index (χ4n) is 1.10. The Bertz CT molecular complexity index is 505. The van der Waals surface area contributed by atoms with Gasteiger partial charge in [-0.25, -0.2) is 0 Å². The van der Waals surface area contributed by atoms with E-state index in [0.717, 1.165) is 6.07 Å². The summed E-state index contributed by atoms with van der Waals surface area (Å²) < 4.78 is 36.2. The lowest BCUT2D eigenvalue weighted by Gasteiger charge is -2.11. The van der Waals surface area contributed by atoms with Gasteiger partial charge in [0.2, 0.25) is 5.91 Å². The second kappa shape index (κ2) is 5.89. The van der Waals surface area contributed by atoms with Crippen LogP contribution in [0.3, 0.4) is 0 Å². The van der Waals surface area contributed by atoms with Crippen molar-refractivity contribution in [1.29, 1.82) is 0 Å². The maximum absolute atomic E-state index is 12.1. The van der Waals surface area contributed by atoms with E-state index in [0.29, 0.717) is 0 Å². The quantitative estimate of drug-likeness (QED) is 0.794. The van der Waals surface area contributed by atoms with Gasteiger partial charge in [-0.15, -0.1) is 0 Å². The molecule has 0 radical (unpaired) electrons. The third-order valence-corrected chi connectivity index (χ3v) is 2.27. The predicted molar refractivity (Wildman–Crippen MR) is 63.8 cm³/mol.